The predicted octanol–water partition coefficient (Wildman–Crippen LogP) is 1.48. The van der Waals surface area contributed by atoms with E-state index in [1.807, 2.05) is 0 Å². The molecule has 0 aliphatic carbocycles. The van der Waals surface area contributed by atoms with Crippen LogP contribution in [0.4, 0.5) is 0 Å². The first-order valence-corrected chi connectivity index (χ1v) is 5.66. The molecule has 6 heteroatoms. The van der Waals surface area contributed by atoms with Crippen LogP contribution < -0.4 is 10.1 Å². The highest BCUT2D eigenvalue weighted by atomic mass is 35.5. The van der Waals surface area contributed by atoms with Gasteiger partial charge in [0.2, 0.25) is 5.91 Å². The monoisotopic (exact) mass is 271 g/mol. The molecule has 1 aromatic carbocycles. The van der Waals surface area contributed by atoms with Crippen molar-refractivity contribution in [1.29, 1.82) is 0 Å². The van der Waals surface area contributed by atoms with Crippen LogP contribution in [0.5, 0.6) is 5.75 Å². The third-order valence-corrected chi connectivity index (χ3v) is 2.71. The second-order valence-electron chi connectivity index (χ2n) is 3.76. The molecule has 0 fully saturated rings. The average molecular weight is 272 g/mol. The van der Waals surface area contributed by atoms with Crippen LogP contribution in [0.1, 0.15) is 12.5 Å². The molecule has 1 atom stereocenters. The summed E-state index contributed by atoms with van der Waals surface area (Å²) >= 11 is 5.98. The third kappa shape index (κ3) is 3.92. The maximum atomic E-state index is 11.6. The summed E-state index contributed by atoms with van der Waals surface area (Å²) in [6.45, 7) is 1.40. The molecule has 0 saturated heterocycles. The molecule has 0 aliphatic heterocycles. The highest BCUT2D eigenvalue weighted by molar-refractivity contribution is 6.31. The van der Waals surface area contributed by atoms with Gasteiger partial charge in [-0.2, -0.15) is 0 Å². The van der Waals surface area contributed by atoms with Gasteiger partial charge in [-0.1, -0.05) is 17.7 Å². The largest absolute Gasteiger partial charge is 0.497 e. The van der Waals surface area contributed by atoms with E-state index in [9.17, 15) is 9.59 Å². The van der Waals surface area contributed by atoms with Gasteiger partial charge in [0.25, 0.3) is 0 Å². The van der Waals surface area contributed by atoms with Crippen molar-refractivity contribution in [1.82, 2.24) is 5.32 Å². The van der Waals surface area contributed by atoms with Gasteiger partial charge in [0.15, 0.2) is 0 Å². The molecule has 0 aromatic heterocycles. The molecule has 0 bridgehead atoms. The van der Waals surface area contributed by atoms with Gasteiger partial charge in [-0.05, 0) is 24.6 Å². The number of carboxylic acid groups (broad SMARTS) is 1. The van der Waals surface area contributed by atoms with Crippen LogP contribution in [0, 0.1) is 0 Å². The van der Waals surface area contributed by atoms with Crippen molar-refractivity contribution in [2.75, 3.05) is 7.11 Å². The topological polar surface area (TPSA) is 75.6 Å². The van der Waals surface area contributed by atoms with Gasteiger partial charge >= 0.3 is 5.97 Å². The Labute approximate surface area is 110 Å². The number of ether oxygens (including phenoxy) is 1. The first kappa shape index (κ1) is 14.3. The Balaban J connectivity index is 2.67. The highest BCUT2D eigenvalue weighted by Crippen LogP contribution is 2.22. The molecule has 0 saturated carbocycles. The summed E-state index contributed by atoms with van der Waals surface area (Å²) in [5.74, 6) is -0.871. The number of rotatable bonds is 5. The van der Waals surface area contributed by atoms with Crippen LogP contribution in [0.2, 0.25) is 5.02 Å². The fraction of sp³-hybridized carbons (Fsp3) is 0.333. The molecule has 2 N–H and O–H groups in total. The standard InChI is InChI=1S/C12H14ClNO4/c1-7(12(16)17)14-11(15)5-8-3-4-9(18-2)6-10(8)13/h3-4,6-7H,5H2,1-2H3,(H,14,15)(H,16,17)/t7-/m0/s1. The summed E-state index contributed by atoms with van der Waals surface area (Å²) in [6.07, 6.45) is 0.0282. The lowest BCUT2D eigenvalue weighted by Crippen LogP contribution is -2.39. The van der Waals surface area contributed by atoms with Gasteiger partial charge in [0.1, 0.15) is 11.8 Å². The molecule has 0 radical (unpaired) electrons. The van der Waals surface area contributed by atoms with Crippen LogP contribution in [0.3, 0.4) is 0 Å². The van der Waals surface area contributed by atoms with E-state index in [0.29, 0.717) is 16.3 Å². The van der Waals surface area contributed by atoms with Crippen molar-refractivity contribution in [3.8, 4) is 5.75 Å². The van der Waals surface area contributed by atoms with Crippen molar-refractivity contribution >= 4 is 23.5 Å². The lowest BCUT2D eigenvalue weighted by atomic mass is 10.1. The number of carbonyl (C=O) groups excluding carboxylic acids is 1. The van der Waals surface area contributed by atoms with Gasteiger partial charge in [0.05, 0.1) is 13.5 Å². The number of carboxylic acids is 1. The first-order chi connectivity index (χ1) is 8.43. The molecule has 1 amide bonds. The van der Waals surface area contributed by atoms with Crippen LogP contribution >= 0.6 is 11.6 Å². The van der Waals surface area contributed by atoms with E-state index in [-0.39, 0.29) is 6.42 Å². The number of hydrogen-bond donors (Lipinski definition) is 2. The summed E-state index contributed by atoms with van der Waals surface area (Å²) < 4.78 is 4.99. The van der Waals surface area contributed by atoms with Gasteiger partial charge in [-0.15, -0.1) is 0 Å². The van der Waals surface area contributed by atoms with Crippen molar-refractivity contribution < 1.29 is 19.4 Å². The Morgan fingerprint density at radius 2 is 2.17 bits per heavy atom. The number of methoxy groups -OCH3 is 1. The maximum absolute atomic E-state index is 11.6. The van der Waals surface area contributed by atoms with Crippen molar-refractivity contribution in [2.24, 2.45) is 0 Å². The molecule has 0 spiro atoms. The number of amides is 1. The van der Waals surface area contributed by atoms with E-state index < -0.39 is 17.9 Å². The number of carbonyl (C=O) groups is 2. The minimum Gasteiger partial charge on any atom is -0.497 e. The SMILES string of the molecule is COc1ccc(CC(=O)N[C@@H](C)C(=O)O)c(Cl)c1. The van der Waals surface area contributed by atoms with Gasteiger partial charge < -0.3 is 15.2 Å². The average Bonchev–Trinajstić information content (AvgIpc) is 2.31. The lowest BCUT2D eigenvalue weighted by Gasteiger charge is -2.10. The molecular weight excluding hydrogens is 258 g/mol. The first-order valence-electron chi connectivity index (χ1n) is 5.28. The number of nitrogens with one attached hydrogen (secondary N) is 1. The minimum atomic E-state index is -1.08. The molecule has 1 rings (SSSR count). The highest BCUT2D eigenvalue weighted by Gasteiger charge is 2.15. The zero-order valence-electron chi connectivity index (χ0n) is 10.1. The van der Waals surface area contributed by atoms with Gasteiger partial charge in [-0.3, -0.25) is 9.59 Å². The van der Waals surface area contributed by atoms with Crippen molar-refractivity contribution in [2.45, 2.75) is 19.4 Å². The zero-order valence-corrected chi connectivity index (χ0v) is 10.8. The summed E-state index contributed by atoms with van der Waals surface area (Å²) in [5, 5.41) is 11.4. The van der Waals surface area contributed by atoms with Crippen LogP contribution in [-0.2, 0) is 16.0 Å². The molecule has 0 unspecified atom stereocenters. The Morgan fingerprint density at radius 1 is 1.50 bits per heavy atom. The number of hydrogen-bond acceptors (Lipinski definition) is 3. The van der Waals surface area contributed by atoms with Crippen molar-refractivity contribution in [3.63, 3.8) is 0 Å². The summed E-state index contributed by atoms with van der Waals surface area (Å²) in [6, 6.07) is 4.04. The Hall–Kier alpha value is -1.75. The summed E-state index contributed by atoms with van der Waals surface area (Å²) in [4.78, 5) is 22.2. The molecule has 5 nitrogen and oxygen atoms in total. The van der Waals surface area contributed by atoms with E-state index in [2.05, 4.69) is 5.32 Å². The Bertz CT molecular complexity index is 461. The van der Waals surface area contributed by atoms with E-state index in [1.165, 1.54) is 14.0 Å². The zero-order chi connectivity index (χ0) is 13.7. The second-order valence-corrected chi connectivity index (χ2v) is 4.17. The molecule has 0 heterocycles. The third-order valence-electron chi connectivity index (χ3n) is 2.36. The molecule has 18 heavy (non-hydrogen) atoms. The van der Waals surface area contributed by atoms with E-state index >= 15 is 0 Å². The second kappa shape index (κ2) is 6.26. The maximum Gasteiger partial charge on any atom is 0.325 e. The van der Waals surface area contributed by atoms with E-state index in [0.717, 1.165) is 0 Å². The lowest BCUT2D eigenvalue weighted by molar-refractivity contribution is -0.141. The predicted molar refractivity (Wildman–Crippen MR) is 66.9 cm³/mol. The molecule has 0 aliphatic rings. The number of halogens is 1. The van der Waals surface area contributed by atoms with Crippen LogP contribution in [-0.4, -0.2) is 30.1 Å². The van der Waals surface area contributed by atoms with E-state index in [1.54, 1.807) is 18.2 Å². The Kier molecular flexibility index (Phi) is 4.97. The summed E-state index contributed by atoms with van der Waals surface area (Å²) in [7, 11) is 1.52. The van der Waals surface area contributed by atoms with Gasteiger partial charge in [-0.25, -0.2) is 0 Å². The molecule has 98 valence electrons. The fourth-order valence-electron chi connectivity index (χ4n) is 1.33. The number of aliphatic carboxylic acids is 1. The Morgan fingerprint density at radius 3 is 2.67 bits per heavy atom. The normalized spacial score (nSPS) is 11.7. The molecular formula is C12H14ClNO4. The fourth-order valence-corrected chi connectivity index (χ4v) is 1.56. The quantitative estimate of drug-likeness (QED) is 0.851. The summed E-state index contributed by atoms with van der Waals surface area (Å²) in [5.41, 5.74) is 0.618. The van der Waals surface area contributed by atoms with E-state index in [4.69, 9.17) is 21.4 Å². The van der Waals surface area contributed by atoms with Crippen LogP contribution in [0.25, 0.3) is 0 Å². The minimum absolute atomic E-state index is 0.0282. The van der Waals surface area contributed by atoms with Crippen LogP contribution in [0.15, 0.2) is 18.2 Å². The smallest absolute Gasteiger partial charge is 0.325 e. The van der Waals surface area contributed by atoms with Crippen molar-refractivity contribution in [3.05, 3.63) is 28.8 Å². The van der Waals surface area contributed by atoms with Gasteiger partial charge in [0, 0.05) is 5.02 Å². The molecule has 1 aromatic rings. The number of benzene rings is 1.